The third-order valence-corrected chi connectivity index (χ3v) is 3.36. The molecule has 0 aliphatic heterocycles. The van der Waals surface area contributed by atoms with Crippen LogP contribution < -0.4 is 10.6 Å². The molecule has 0 bridgehead atoms. The Morgan fingerprint density at radius 1 is 0.917 bits per heavy atom. The Labute approximate surface area is 138 Å². The fourth-order valence-corrected chi connectivity index (χ4v) is 2.16. The first kappa shape index (κ1) is 15.6. The van der Waals surface area contributed by atoms with Crippen molar-refractivity contribution in [3.63, 3.8) is 0 Å². The topological polar surface area (TPSA) is 84.5 Å². The second-order valence-electron chi connectivity index (χ2n) is 5.09. The molecular formula is C18H16N2O4. The number of benzene rings is 1. The van der Waals surface area contributed by atoms with E-state index in [1.807, 2.05) is 6.92 Å². The minimum atomic E-state index is -0.359. The van der Waals surface area contributed by atoms with Crippen LogP contribution in [0.3, 0.4) is 0 Å². The molecule has 6 heteroatoms. The van der Waals surface area contributed by atoms with Gasteiger partial charge in [-0.1, -0.05) is 13.0 Å². The van der Waals surface area contributed by atoms with E-state index in [1.54, 1.807) is 48.5 Å². The van der Waals surface area contributed by atoms with Gasteiger partial charge in [-0.2, -0.15) is 0 Å². The Morgan fingerprint density at radius 3 is 2.21 bits per heavy atom. The van der Waals surface area contributed by atoms with Gasteiger partial charge in [0.25, 0.3) is 11.8 Å². The molecule has 0 saturated carbocycles. The lowest BCUT2D eigenvalue weighted by atomic mass is 10.2. The number of aryl methyl sites for hydroxylation is 1. The summed E-state index contributed by atoms with van der Waals surface area (Å²) in [5.41, 5.74) is 1.09. The minimum Gasteiger partial charge on any atom is -0.459 e. The van der Waals surface area contributed by atoms with Crippen molar-refractivity contribution < 1.29 is 18.4 Å². The number of carbonyl (C=O) groups excluding carboxylic acids is 2. The van der Waals surface area contributed by atoms with Gasteiger partial charge in [0, 0.05) is 17.8 Å². The summed E-state index contributed by atoms with van der Waals surface area (Å²) in [5, 5.41) is 5.44. The first-order chi connectivity index (χ1) is 11.7. The number of hydrogen-bond acceptors (Lipinski definition) is 4. The predicted molar refractivity (Wildman–Crippen MR) is 89.1 cm³/mol. The van der Waals surface area contributed by atoms with Crippen LogP contribution in [0.4, 0.5) is 11.4 Å². The molecular weight excluding hydrogens is 308 g/mol. The molecule has 0 atom stereocenters. The maximum Gasteiger partial charge on any atom is 0.291 e. The molecule has 0 unspecified atom stereocenters. The van der Waals surface area contributed by atoms with Crippen LogP contribution >= 0.6 is 0 Å². The quantitative estimate of drug-likeness (QED) is 0.744. The van der Waals surface area contributed by atoms with E-state index in [1.165, 1.54) is 6.26 Å². The third kappa shape index (κ3) is 3.55. The van der Waals surface area contributed by atoms with Crippen molar-refractivity contribution in [2.75, 3.05) is 10.6 Å². The average Bonchev–Trinajstić information content (AvgIpc) is 3.27. The fourth-order valence-electron chi connectivity index (χ4n) is 2.16. The van der Waals surface area contributed by atoms with E-state index in [4.69, 9.17) is 8.83 Å². The van der Waals surface area contributed by atoms with Crippen LogP contribution in [0.25, 0.3) is 0 Å². The second-order valence-corrected chi connectivity index (χ2v) is 5.09. The van der Waals surface area contributed by atoms with Crippen molar-refractivity contribution in [2.45, 2.75) is 13.3 Å². The van der Waals surface area contributed by atoms with Gasteiger partial charge in [0.2, 0.25) is 0 Å². The molecule has 0 spiro atoms. The summed E-state index contributed by atoms with van der Waals surface area (Å²) in [4.78, 5) is 24.1. The lowest BCUT2D eigenvalue weighted by Crippen LogP contribution is -2.13. The summed E-state index contributed by atoms with van der Waals surface area (Å²) in [6.07, 6.45) is 2.15. The summed E-state index contributed by atoms with van der Waals surface area (Å²) in [5.74, 6) is 0.509. The van der Waals surface area contributed by atoms with Gasteiger partial charge in [0.15, 0.2) is 11.5 Å². The summed E-state index contributed by atoms with van der Waals surface area (Å²) in [6, 6.07) is 13.5. The van der Waals surface area contributed by atoms with Crippen LogP contribution in [0, 0.1) is 0 Å². The van der Waals surface area contributed by atoms with Crippen molar-refractivity contribution >= 4 is 23.2 Å². The van der Waals surface area contributed by atoms with E-state index < -0.39 is 0 Å². The van der Waals surface area contributed by atoms with E-state index in [0.717, 1.165) is 12.2 Å². The maximum absolute atomic E-state index is 12.2. The molecule has 122 valence electrons. The van der Waals surface area contributed by atoms with Crippen molar-refractivity contribution in [1.82, 2.24) is 0 Å². The van der Waals surface area contributed by atoms with Crippen LogP contribution in [0.1, 0.15) is 33.8 Å². The Morgan fingerprint density at radius 2 is 1.62 bits per heavy atom. The van der Waals surface area contributed by atoms with Crippen LogP contribution in [0.5, 0.6) is 0 Å². The smallest absolute Gasteiger partial charge is 0.291 e. The molecule has 24 heavy (non-hydrogen) atoms. The zero-order valence-corrected chi connectivity index (χ0v) is 13.0. The first-order valence-electron chi connectivity index (χ1n) is 7.50. The predicted octanol–water partition coefficient (Wildman–Crippen LogP) is 3.94. The van der Waals surface area contributed by atoms with Crippen molar-refractivity contribution in [3.8, 4) is 0 Å². The Bertz CT molecular complexity index is 850. The van der Waals surface area contributed by atoms with E-state index in [9.17, 15) is 9.59 Å². The highest BCUT2D eigenvalue weighted by molar-refractivity contribution is 6.04. The molecule has 0 radical (unpaired) electrons. The molecule has 2 amide bonds. The average molecular weight is 324 g/mol. The number of furan rings is 2. The third-order valence-electron chi connectivity index (χ3n) is 3.36. The van der Waals surface area contributed by atoms with Gasteiger partial charge in [-0.3, -0.25) is 9.59 Å². The normalized spacial score (nSPS) is 10.4. The molecule has 2 N–H and O–H groups in total. The molecule has 0 aliphatic rings. The molecule has 0 fully saturated rings. The van der Waals surface area contributed by atoms with Gasteiger partial charge in [0.1, 0.15) is 5.76 Å². The van der Waals surface area contributed by atoms with Crippen LogP contribution in [0.2, 0.25) is 0 Å². The Hall–Kier alpha value is -3.28. The van der Waals surface area contributed by atoms with Gasteiger partial charge in [0.05, 0.1) is 6.26 Å². The van der Waals surface area contributed by atoms with Gasteiger partial charge >= 0.3 is 0 Å². The summed E-state index contributed by atoms with van der Waals surface area (Å²) in [7, 11) is 0. The van der Waals surface area contributed by atoms with Crippen LogP contribution in [-0.4, -0.2) is 11.8 Å². The summed E-state index contributed by atoms with van der Waals surface area (Å²) >= 11 is 0. The molecule has 3 rings (SSSR count). The number of hydrogen-bond donors (Lipinski definition) is 2. The van der Waals surface area contributed by atoms with Gasteiger partial charge in [-0.15, -0.1) is 0 Å². The van der Waals surface area contributed by atoms with E-state index >= 15 is 0 Å². The number of anilines is 2. The summed E-state index contributed by atoms with van der Waals surface area (Å²) < 4.78 is 10.5. The fraction of sp³-hybridized carbons (Fsp3) is 0.111. The van der Waals surface area contributed by atoms with Gasteiger partial charge < -0.3 is 19.5 Å². The van der Waals surface area contributed by atoms with Crippen molar-refractivity contribution in [1.29, 1.82) is 0 Å². The second kappa shape index (κ2) is 6.87. The van der Waals surface area contributed by atoms with Gasteiger partial charge in [-0.05, 0) is 42.5 Å². The van der Waals surface area contributed by atoms with E-state index in [2.05, 4.69) is 10.6 Å². The van der Waals surface area contributed by atoms with Crippen molar-refractivity contribution in [2.24, 2.45) is 0 Å². The van der Waals surface area contributed by atoms with Crippen LogP contribution in [0.15, 0.2) is 63.6 Å². The Balaban J connectivity index is 1.68. The molecule has 2 aromatic heterocycles. The Kier molecular flexibility index (Phi) is 4.47. The molecule has 6 nitrogen and oxygen atoms in total. The monoisotopic (exact) mass is 324 g/mol. The van der Waals surface area contributed by atoms with E-state index in [-0.39, 0.29) is 23.3 Å². The standard InChI is InChI=1S/C18H16N2O4/c1-2-14-8-9-16(24-14)18(22)20-13-6-3-5-12(11-13)19-17(21)15-7-4-10-23-15/h3-11H,2H2,1H3,(H,19,21)(H,20,22). The highest BCUT2D eigenvalue weighted by Gasteiger charge is 2.12. The zero-order chi connectivity index (χ0) is 16.9. The molecule has 0 saturated heterocycles. The molecule has 3 aromatic rings. The van der Waals surface area contributed by atoms with Crippen molar-refractivity contribution in [3.05, 3.63) is 72.1 Å². The molecule has 1 aromatic carbocycles. The van der Waals surface area contributed by atoms with Crippen LogP contribution in [-0.2, 0) is 6.42 Å². The van der Waals surface area contributed by atoms with E-state index in [0.29, 0.717) is 11.4 Å². The van der Waals surface area contributed by atoms with Gasteiger partial charge in [-0.25, -0.2) is 0 Å². The number of amides is 2. The zero-order valence-electron chi connectivity index (χ0n) is 13.0. The molecule has 0 aliphatic carbocycles. The largest absolute Gasteiger partial charge is 0.459 e. The number of nitrogens with one attached hydrogen (secondary N) is 2. The number of rotatable bonds is 5. The lowest BCUT2D eigenvalue weighted by Gasteiger charge is -2.07. The SMILES string of the molecule is CCc1ccc(C(=O)Nc2cccc(NC(=O)c3ccco3)c2)o1. The first-order valence-corrected chi connectivity index (χ1v) is 7.50. The highest BCUT2D eigenvalue weighted by Crippen LogP contribution is 2.18. The lowest BCUT2D eigenvalue weighted by molar-refractivity contribution is 0.0989. The number of carbonyl (C=O) groups is 2. The minimum absolute atomic E-state index is 0.215. The highest BCUT2D eigenvalue weighted by atomic mass is 16.4. The molecule has 2 heterocycles. The maximum atomic E-state index is 12.2. The summed E-state index contributed by atoms with van der Waals surface area (Å²) in [6.45, 7) is 1.95.